The number of nitrogens with zero attached hydrogens (tertiary/aromatic N) is 3. The molecule has 2 aromatic rings. The Balaban J connectivity index is 1.83. The van der Waals surface area contributed by atoms with Crippen LogP contribution in [0.1, 0.15) is 67.2 Å². The molecule has 0 saturated heterocycles. The van der Waals surface area contributed by atoms with Crippen molar-refractivity contribution in [3.8, 4) is 0 Å². The summed E-state index contributed by atoms with van der Waals surface area (Å²) in [5.41, 5.74) is 1.26. The number of aromatic nitrogens is 3. The molecule has 0 aliphatic heterocycles. The number of aliphatic carboxylic acids is 1. The number of amides is 1. The Bertz CT molecular complexity index is 722. The highest BCUT2D eigenvalue weighted by Crippen LogP contribution is 2.34. The number of carboxylic acids is 1. The second-order valence-corrected chi connectivity index (χ2v) is 7.28. The smallest absolute Gasteiger partial charge is 0.328 e. The van der Waals surface area contributed by atoms with Crippen LogP contribution in [0.25, 0.3) is 0 Å². The zero-order valence-electron chi connectivity index (χ0n) is 14.1. The van der Waals surface area contributed by atoms with Crippen LogP contribution in [-0.4, -0.2) is 32.0 Å². The maximum atomic E-state index is 12.5. The molecule has 25 heavy (non-hydrogen) atoms. The molecule has 2 N–H and O–H groups in total. The molecule has 7 nitrogen and oxygen atoms in total. The largest absolute Gasteiger partial charge is 0.480 e. The van der Waals surface area contributed by atoms with Crippen LogP contribution in [0, 0.1) is 5.92 Å². The van der Waals surface area contributed by atoms with E-state index < -0.39 is 12.0 Å². The van der Waals surface area contributed by atoms with Crippen LogP contribution in [-0.2, 0) is 4.79 Å². The highest BCUT2D eigenvalue weighted by molar-refractivity contribution is 7.08. The molecule has 3 rings (SSSR count). The van der Waals surface area contributed by atoms with Crippen molar-refractivity contribution in [2.24, 2.45) is 5.92 Å². The second kappa shape index (κ2) is 7.77. The molecule has 1 aliphatic carbocycles. The van der Waals surface area contributed by atoms with Crippen molar-refractivity contribution >= 4 is 23.2 Å². The average Bonchev–Trinajstić information content (AvgIpc) is 3.31. The van der Waals surface area contributed by atoms with Crippen LogP contribution in [0.2, 0.25) is 0 Å². The topological polar surface area (TPSA) is 97.1 Å². The minimum Gasteiger partial charge on any atom is -0.480 e. The Morgan fingerprint density at radius 1 is 1.36 bits per heavy atom. The maximum Gasteiger partial charge on any atom is 0.328 e. The molecule has 1 amide bonds. The van der Waals surface area contributed by atoms with Gasteiger partial charge in [-0.1, -0.05) is 24.5 Å². The SMILES string of the molecule is C[C@H](C(=O)O)n1cc([C@@H](NC(=O)c2ccsc2)C2CCCCC2)nn1. The summed E-state index contributed by atoms with van der Waals surface area (Å²) in [6.07, 6.45) is 7.17. The quantitative estimate of drug-likeness (QED) is 0.823. The summed E-state index contributed by atoms with van der Waals surface area (Å²) >= 11 is 1.48. The molecule has 0 unspecified atom stereocenters. The van der Waals surface area contributed by atoms with E-state index in [1.165, 1.54) is 22.4 Å². The number of carboxylic acid groups (broad SMARTS) is 1. The van der Waals surface area contributed by atoms with Crippen LogP contribution in [0.5, 0.6) is 0 Å². The molecule has 134 valence electrons. The zero-order chi connectivity index (χ0) is 17.8. The summed E-state index contributed by atoms with van der Waals surface area (Å²) in [5.74, 6) is -0.799. The van der Waals surface area contributed by atoms with Gasteiger partial charge in [0.15, 0.2) is 0 Å². The minimum atomic E-state index is -0.965. The Morgan fingerprint density at radius 3 is 2.76 bits per heavy atom. The zero-order valence-corrected chi connectivity index (χ0v) is 14.9. The Hall–Kier alpha value is -2.22. The predicted octanol–water partition coefficient (Wildman–Crippen LogP) is 3.04. The molecule has 2 atom stereocenters. The van der Waals surface area contributed by atoms with Crippen molar-refractivity contribution in [1.29, 1.82) is 0 Å². The van der Waals surface area contributed by atoms with Crippen molar-refractivity contribution in [2.75, 3.05) is 0 Å². The first-order chi connectivity index (χ1) is 12.1. The number of rotatable bonds is 6. The lowest BCUT2D eigenvalue weighted by atomic mass is 9.82. The Morgan fingerprint density at radius 2 is 2.12 bits per heavy atom. The van der Waals surface area contributed by atoms with Gasteiger partial charge in [-0.05, 0) is 37.1 Å². The maximum absolute atomic E-state index is 12.5. The van der Waals surface area contributed by atoms with Gasteiger partial charge in [-0.3, -0.25) is 4.79 Å². The predicted molar refractivity (Wildman–Crippen MR) is 93.5 cm³/mol. The van der Waals surface area contributed by atoms with Gasteiger partial charge in [-0.25, -0.2) is 9.48 Å². The summed E-state index contributed by atoms with van der Waals surface area (Å²) in [6, 6.07) is 0.754. The van der Waals surface area contributed by atoms with Gasteiger partial charge < -0.3 is 10.4 Å². The number of carbonyl (C=O) groups excluding carboxylic acids is 1. The van der Waals surface area contributed by atoms with E-state index in [0.29, 0.717) is 17.2 Å². The van der Waals surface area contributed by atoms with E-state index >= 15 is 0 Å². The van der Waals surface area contributed by atoms with Crippen LogP contribution >= 0.6 is 11.3 Å². The van der Waals surface area contributed by atoms with E-state index in [0.717, 1.165) is 25.7 Å². The fraction of sp³-hybridized carbons (Fsp3) is 0.529. The van der Waals surface area contributed by atoms with Gasteiger partial charge in [-0.2, -0.15) is 11.3 Å². The molecule has 2 heterocycles. The number of thiophene rings is 1. The lowest BCUT2D eigenvalue weighted by Gasteiger charge is -2.29. The third-order valence-electron chi connectivity index (χ3n) is 4.79. The summed E-state index contributed by atoms with van der Waals surface area (Å²) in [6.45, 7) is 1.56. The molecular formula is C17H22N4O3S. The van der Waals surface area contributed by atoms with Gasteiger partial charge in [0.2, 0.25) is 0 Å². The van der Waals surface area contributed by atoms with Crippen LogP contribution in [0.3, 0.4) is 0 Å². The minimum absolute atomic E-state index is 0.127. The first kappa shape index (κ1) is 17.6. The molecule has 0 radical (unpaired) electrons. The summed E-state index contributed by atoms with van der Waals surface area (Å²) in [4.78, 5) is 23.7. The summed E-state index contributed by atoms with van der Waals surface area (Å²) < 4.78 is 1.34. The Labute approximate surface area is 150 Å². The van der Waals surface area contributed by atoms with Crippen molar-refractivity contribution in [2.45, 2.75) is 51.1 Å². The monoisotopic (exact) mass is 362 g/mol. The number of carbonyl (C=O) groups is 2. The molecular weight excluding hydrogens is 340 g/mol. The van der Waals surface area contributed by atoms with E-state index in [4.69, 9.17) is 5.11 Å². The normalized spacial score (nSPS) is 17.8. The van der Waals surface area contributed by atoms with E-state index in [9.17, 15) is 9.59 Å². The number of nitrogens with one attached hydrogen (secondary N) is 1. The Kier molecular flexibility index (Phi) is 5.47. The summed E-state index contributed by atoms with van der Waals surface area (Å²) in [5, 5.41) is 24.0. The van der Waals surface area contributed by atoms with Crippen LogP contribution in [0.4, 0.5) is 0 Å². The molecule has 0 aromatic carbocycles. The van der Waals surface area contributed by atoms with Crippen molar-refractivity contribution < 1.29 is 14.7 Å². The van der Waals surface area contributed by atoms with E-state index in [-0.39, 0.29) is 11.9 Å². The molecule has 2 aromatic heterocycles. The van der Waals surface area contributed by atoms with E-state index in [1.807, 2.05) is 10.8 Å². The number of hydrogen-bond acceptors (Lipinski definition) is 5. The molecule has 0 bridgehead atoms. The van der Waals surface area contributed by atoms with Gasteiger partial charge in [0, 0.05) is 5.38 Å². The lowest BCUT2D eigenvalue weighted by molar-refractivity contribution is -0.140. The van der Waals surface area contributed by atoms with Gasteiger partial charge >= 0.3 is 5.97 Å². The fourth-order valence-electron chi connectivity index (χ4n) is 3.25. The third-order valence-corrected chi connectivity index (χ3v) is 5.48. The standard InChI is InChI=1S/C17H22N4O3S/c1-11(17(23)24)21-9-14(19-20-21)15(12-5-3-2-4-6-12)18-16(22)13-7-8-25-10-13/h7-12,15H,2-6H2,1H3,(H,18,22)(H,23,24)/t11-,15+/m1/s1. The first-order valence-electron chi connectivity index (χ1n) is 8.54. The summed E-state index contributed by atoms with van der Waals surface area (Å²) in [7, 11) is 0. The highest BCUT2D eigenvalue weighted by atomic mass is 32.1. The molecule has 1 fully saturated rings. The van der Waals surface area contributed by atoms with Gasteiger partial charge in [0.25, 0.3) is 5.91 Å². The molecule has 8 heteroatoms. The van der Waals surface area contributed by atoms with Crippen LogP contribution < -0.4 is 5.32 Å². The van der Waals surface area contributed by atoms with Gasteiger partial charge in [-0.15, -0.1) is 5.10 Å². The van der Waals surface area contributed by atoms with Gasteiger partial charge in [0.1, 0.15) is 11.7 Å². The fourth-order valence-corrected chi connectivity index (χ4v) is 3.89. The third kappa shape index (κ3) is 4.07. The molecule has 0 spiro atoms. The molecule has 1 saturated carbocycles. The highest BCUT2D eigenvalue weighted by Gasteiger charge is 2.30. The van der Waals surface area contributed by atoms with Crippen molar-refractivity contribution in [3.05, 3.63) is 34.3 Å². The second-order valence-electron chi connectivity index (χ2n) is 6.50. The number of hydrogen-bond donors (Lipinski definition) is 2. The molecule has 1 aliphatic rings. The van der Waals surface area contributed by atoms with Crippen molar-refractivity contribution in [3.63, 3.8) is 0 Å². The van der Waals surface area contributed by atoms with E-state index in [1.54, 1.807) is 19.2 Å². The van der Waals surface area contributed by atoms with Crippen molar-refractivity contribution in [1.82, 2.24) is 20.3 Å². The average molecular weight is 362 g/mol. The van der Waals surface area contributed by atoms with Gasteiger partial charge in [0.05, 0.1) is 17.8 Å². The van der Waals surface area contributed by atoms with Crippen LogP contribution in [0.15, 0.2) is 23.0 Å². The van der Waals surface area contributed by atoms with E-state index in [2.05, 4.69) is 15.6 Å². The first-order valence-corrected chi connectivity index (χ1v) is 9.48. The lowest BCUT2D eigenvalue weighted by Crippen LogP contribution is -2.34.